The van der Waals surface area contributed by atoms with Crippen LogP contribution in [0.4, 0.5) is 0 Å². The first-order valence-electron chi connectivity index (χ1n) is 11.8. The first-order valence-corrected chi connectivity index (χ1v) is 11.8. The number of amides is 1. The predicted octanol–water partition coefficient (Wildman–Crippen LogP) is 4.85. The summed E-state index contributed by atoms with van der Waals surface area (Å²) >= 11 is 0. The summed E-state index contributed by atoms with van der Waals surface area (Å²) in [6.45, 7) is 2.09. The molecule has 3 aromatic carbocycles. The number of aromatic nitrogens is 1. The third-order valence-corrected chi connectivity index (χ3v) is 6.54. The molecule has 2 unspecified atom stereocenters. The molecular formula is C29H29N3O3. The minimum Gasteiger partial charge on any atom is -0.460 e. The quantitative estimate of drug-likeness (QED) is 0.249. The van der Waals surface area contributed by atoms with E-state index < -0.39 is 11.6 Å². The lowest BCUT2D eigenvalue weighted by molar-refractivity contribution is -0.128. The third-order valence-electron chi connectivity index (χ3n) is 6.54. The SMILES string of the molecule is CC(Cc1c[nH]c2ccccc12)(NCc1cc2ccccc2o1)C(=O)NC(CO)c1ccccc1. The molecular weight excluding hydrogens is 438 g/mol. The first kappa shape index (κ1) is 22.9. The first-order chi connectivity index (χ1) is 17.1. The Labute approximate surface area is 204 Å². The van der Waals surface area contributed by atoms with Crippen molar-refractivity contribution in [2.24, 2.45) is 0 Å². The molecule has 4 N–H and O–H groups in total. The van der Waals surface area contributed by atoms with E-state index in [2.05, 4.69) is 21.7 Å². The van der Waals surface area contributed by atoms with Gasteiger partial charge in [0.1, 0.15) is 11.3 Å². The molecule has 0 aliphatic rings. The highest BCUT2D eigenvalue weighted by Gasteiger charge is 2.35. The lowest BCUT2D eigenvalue weighted by Gasteiger charge is -2.31. The Morgan fingerprint density at radius 2 is 1.77 bits per heavy atom. The summed E-state index contributed by atoms with van der Waals surface area (Å²) in [5, 5.41) is 18.6. The highest BCUT2D eigenvalue weighted by atomic mass is 16.3. The topological polar surface area (TPSA) is 90.3 Å². The molecule has 35 heavy (non-hydrogen) atoms. The summed E-state index contributed by atoms with van der Waals surface area (Å²) in [5.41, 5.74) is 2.77. The van der Waals surface area contributed by atoms with Crippen molar-refractivity contribution in [2.75, 3.05) is 6.61 Å². The van der Waals surface area contributed by atoms with Crippen LogP contribution in [0.3, 0.4) is 0 Å². The molecule has 6 heteroatoms. The molecule has 0 saturated heterocycles. The zero-order valence-corrected chi connectivity index (χ0v) is 19.6. The van der Waals surface area contributed by atoms with Gasteiger partial charge in [-0.3, -0.25) is 10.1 Å². The molecule has 2 atom stereocenters. The van der Waals surface area contributed by atoms with Crippen molar-refractivity contribution in [1.29, 1.82) is 0 Å². The monoisotopic (exact) mass is 467 g/mol. The Hall–Kier alpha value is -3.87. The molecule has 0 spiro atoms. The lowest BCUT2D eigenvalue weighted by Crippen LogP contribution is -2.56. The van der Waals surface area contributed by atoms with Crippen LogP contribution in [-0.2, 0) is 17.8 Å². The van der Waals surface area contributed by atoms with Crippen LogP contribution < -0.4 is 10.6 Å². The number of carbonyl (C=O) groups excluding carboxylic acids is 1. The summed E-state index contributed by atoms with van der Waals surface area (Å²) < 4.78 is 5.98. The van der Waals surface area contributed by atoms with E-state index in [0.717, 1.165) is 38.8 Å². The summed E-state index contributed by atoms with van der Waals surface area (Å²) in [6, 6.07) is 26.9. The average molecular weight is 468 g/mol. The van der Waals surface area contributed by atoms with E-state index in [-0.39, 0.29) is 12.5 Å². The van der Waals surface area contributed by atoms with Gasteiger partial charge in [-0.25, -0.2) is 0 Å². The van der Waals surface area contributed by atoms with Gasteiger partial charge in [0.2, 0.25) is 5.91 Å². The number of aliphatic hydroxyl groups excluding tert-OH is 1. The molecule has 0 radical (unpaired) electrons. The predicted molar refractivity (Wildman–Crippen MR) is 138 cm³/mol. The number of fused-ring (bicyclic) bond motifs is 2. The van der Waals surface area contributed by atoms with Gasteiger partial charge < -0.3 is 19.8 Å². The van der Waals surface area contributed by atoms with Crippen LogP contribution in [0.5, 0.6) is 0 Å². The van der Waals surface area contributed by atoms with E-state index in [9.17, 15) is 9.90 Å². The number of rotatable bonds is 9. The molecule has 5 rings (SSSR count). The number of furan rings is 1. The zero-order chi connectivity index (χ0) is 24.3. The summed E-state index contributed by atoms with van der Waals surface area (Å²) in [6.07, 6.45) is 2.41. The molecule has 178 valence electrons. The van der Waals surface area contributed by atoms with Crippen LogP contribution in [0.15, 0.2) is 95.5 Å². The highest BCUT2D eigenvalue weighted by Crippen LogP contribution is 2.25. The van der Waals surface area contributed by atoms with E-state index in [0.29, 0.717) is 13.0 Å². The molecule has 6 nitrogen and oxygen atoms in total. The highest BCUT2D eigenvalue weighted by molar-refractivity contribution is 5.89. The molecule has 0 saturated carbocycles. The Kier molecular flexibility index (Phi) is 6.40. The van der Waals surface area contributed by atoms with Crippen molar-refractivity contribution in [3.05, 3.63) is 108 Å². The van der Waals surface area contributed by atoms with Crippen LogP contribution in [0, 0.1) is 0 Å². The number of aromatic amines is 1. The van der Waals surface area contributed by atoms with Gasteiger partial charge >= 0.3 is 0 Å². The number of nitrogens with one attached hydrogen (secondary N) is 3. The van der Waals surface area contributed by atoms with Crippen molar-refractivity contribution in [2.45, 2.75) is 31.5 Å². The maximum atomic E-state index is 13.7. The maximum absolute atomic E-state index is 13.7. The number of H-pyrrole nitrogens is 1. The fourth-order valence-electron chi connectivity index (χ4n) is 4.53. The average Bonchev–Trinajstić information content (AvgIpc) is 3.50. The summed E-state index contributed by atoms with van der Waals surface area (Å²) in [5.74, 6) is 0.563. The number of benzene rings is 3. The fraction of sp³-hybridized carbons (Fsp3) is 0.207. The Morgan fingerprint density at radius 1 is 1.03 bits per heavy atom. The molecule has 5 aromatic rings. The number of carbonyl (C=O) groups is 1. The standard InChI is InChI=1S/C29H29N3O3/c1-29(16-22-17-30-25-13-7-6-12-24(22)25,28(34)32-26(19-33)20-9-3-2-4-10-20)31-18-23-15-21-11-5-8-14-27(21)35-23/h2-15,17,26,30-31,33H,16,18-19H2,1H3,(H,32,34). The largest absolute Gasteiger partial charge is 0.460 e. The van der Waals surface area contributed by atoms with Gasteiger partial charge in [-0.05, 0) is 36.2 Å². The van der Waals surface area contributed by atoms with Gasteiger partial charge in [-0.15, -0.1) is 0 Å². The van der Waals surface area contributed by atoms with E-state index in [1.165, 1.54) is 0 Å². The van der Waals surface area contributed by atoms with Crippen LogP contribution in [-0.4, -0.2) is 28.1 Å². The molecule has 2 aromatic heterocycles. The number of aliphatic hydroxyl groups is 1. The Balaban J connectivity index is 1.42. The molecule has 1 amide bonds. The molecule has 0 aliphatic heterocycles. The van der Waals surface area contributed by atoms with Crippen molar-refractivity contribution in [3.63, 3.8) is 0 Å². The maximum Gasteiger partial charge on any atom is 0.240 e. The van der Waals surface area contributed by atoms with E-state index >= 15 is 0 Å². The second-order valence-electron chi connectivity index (χ2n) is 9.09. The second-order valence-corrected chi connectivity index (χ2v) is 9.09. The van der Waals surface area contributed by atoms with E-state index in [1.54, 1.807) is 0 Å². The van der Waals surface area contributed by atoms with Crippen LogP contribution >= 0.6 is 0 Å². The van der Waals surface area contributed by atoms with Gasteiger partial charge in [-0.2, -0.15) is 0 Å². The number of hydrogen-bond donors (Lipinski definition) is 4. The molecule has 0 fully saturated rings. The van der Waals surface area contributed by atoms with Crippen LogP contribution in [0.1, 0.15) is 29.9 Å². The zero-order valence-electron chi connectivity index (χ0n) is 19.6. The van der Waals surface area contributed by atoms with Crippen molar-refractivity contribution in [1.82, 2.24) is 15.6 Å². The summed E-state index contributed by atoms with van der Waals surface area (Å²) in [4.78, 5) is 17.0. The smallest absolute Gasteiger partial charge is 0.240 e. The van der Waals surface area contributed by atoms with Gasteiger partial charge in [0, 0.05) is 28.9 Å². The van der Waals surface area contributed by atoms with Gasteiger partial charge in [0.15, 0.2) is 0 Å². The Bertz CT molecular complexity index is 1410. The van der Waals surface area contributed by atoms with E-state index in [4.69, 9.17) is 4.42 Å². The van der Waals surface area contributed by atoms with Crippen LogP contribution in [0.25, 0.3) is 21.9 Å². The minimum absolute atomic E-state index is 0.192. The fourth-order valence-corrected chi connectivity index (χ4v) is 4.53. The Morgan fingerprint density at radius 3 is 2.57 bits per heavy atom. The van der Waals surface area contributed by atoms with Crippen molar-refractivity contribution in [3.8, 4) is 0 Å². The van der Waals surface area contributed by atoms with Gasteiger partial charge in [-0.1, -0.05) is 66.7 Å². The van der Waals surface area contributed by atoms with E-state index in [1.807, 2.05) is 92.0 Å². The van der Waals surface area contributed by atoms with Crippen LogP contribution in [0.2, 0.25) is 0 Å². The number of hydrogen-bond acceptors (Lipinski definition) is 4. The van der Waals surface area contributed by atoms with Gasteiger partial charge in [0.05, 0.1) is 24.7 Å². The summed E-state index contributed by atoms with van der Waals surface area (Å²) in [7, 11) is 0. The number of para-hydroxylation sites is 2. The van der Waals surface area contributed by atoms with Crippen molar-refractivity contribution >= 4 is 27.8 Å². The minimum atomic E-state index is -0.966. The molecule has 2 heterocycles. The molecule has 0 aliphatic carbocycles. The molecule has 0 bridgehead atoms. The normalized spacial score (nSPS) is 14.1. The third kappa shape index (κ3) is 4.85. The lowest BCUT2D eigenvalue weighted by atomic mass is 9.90. The second kappa shape index (κ2) is 9.78. The van der Waals surface area contributed by atoms with Gasteiger partial charge in [0.25, 0.3) is 0 Å². The van der Waals surface area contributed by atoms with Crippen molar-refractivity contribution < 1.29 is 14.3 Å².